The number of nitrogens with zero attached hydrogens (tertiary/aromatic N) is 1. The molecule has 1 aliphatic carbocycles. The van der Waals surface area contributed by atoms with Crippen molar-refractivity contribution in [3.8, 4) is 5.75 Å². The molecule has 0 radical (unpaired) electrons. The predicted molar refractivity (Wildman–Crippen MR) is 93.6 cm³/mol. The number of carbonyl (C=O) groups excluding carboxylic acids is 1. The summed E-state index contributed by atoms with van der Waals surface area (Å²) in [5.74, 6) is 0.102. The molecule has 0 bridgehead atoms. The third-order valence-electron chi connectivity index (χ3n) is 4.14. The van der Waals surface area contributed by atoms with Crippen LogP contribution in [0, 0.1) is 0 Å². The van der Waals surface area contributed by atoms with Crippen molar-refractivity contribution in [2.24, 2.45) is 0 Å². The van der Waals surface area contributed by atoms with Gasteiger partial charge in [0.25, 0.3) is 0 Å². The minimum Gasteiger partial charge on any atom is -0.435 e. The Morgan fingerprint density at radius 1 is 1.36 bits per heavy atom. The van der Waals surface area contributed by atoms with Crippen molar-refractivity contribution in [2.45, 2.75) is 45.3 Å². The largest absolute Gasteiger partial charge is 0.435 e. The van der Waals surface area contributed by atoms with Gasteiger partial charge in [-0.3, -0.25) is 9.69 Å². The summed E-state index contributed by atoms with van der Waals surface area (Å²) < 4.78 is 28.9. The molecule has 0 unspecified atom stereocenters. The minimum absolute atomic E-state index is 0.0288. The summed E-state index contributed by atoms with van der Waals surface area (Å²) in [5, 5.41) is 2.94. The van der Waals surface area contributed by atoms with Crippen molar-refractivity contribution in [3.63, 3.8) is 0 Å². The summed E-state index contributed by atoms with van der Waals surface area (Å²) in [6.07, 6.45) is 8.02. The average Bonchev–Trinajstić information content (AvgIpc) is 2.55. The van der Waals surface area contributed by atoms with Gasteiger partial charge in [-0.05, 0) is 56.8 Å². The summed E-state index contributed by atoms with van der Waals surface area (Å²) in [6, 6.07) is 6.54. The molecule has 0 spiro atoms. The highest BCUT2D eigenvalue weighted by Crippen LogP contribution is 2.19. The van der Waals surface area contributed by atoms with Gasteiger partial charge >= 0.3 is 6.61 Å². The molecule has 0 heterocycles. The first-order valence-corrected chi connectivity index (χ1v) is 8.70. The van der Waals surface area contributed by atoms with E-state index in [4.69, 9.17) is 0 Å². The number of nitrogens with one attached hydrogen (secondary N) is 1. The van der Waals surface area contributed by atoms with Gasteiger partial charge in [0, 0.05) is 13.1 Å². The van der Waals surface area contributed by atoms with Crippen LogP contribution >= 0.6 is 0 Å². The molecular formula is C19H26F2N2O2. The van der Waals surface area contributed by atoms with Gasteiger partial charge in [-0.25, -0.2) is 0 Å². The highest BCUT2D eigenvalue weighted by atomic mass is 19.3. The third kappa shape index (κ3) is 7.65. The lowest BCUT2D eigenvalue weighted by Crippen LogP contribution is -2.35. The fraction of sp³-hybridized carbons (Fsp3) is 0.526. The van der Waals surface area contributed by atoms with Gasteiger partial charge in [0.05, 0.1) is 6.54 Å². The molecular weight excluding hydrogens is 326 g/mol. The highest BCUT2D eigenvalue weighted by molar-refractivity contribution is 5.77. The molecule has 25 heavy (non-hydrogen) atoms. The lowest BCUT2D eigenvalue weighted by Gasteiger charge is -2.17. The van der Waals surface area contributed by atoms with E-state index in [1.807, 2.05) is 18.0 Å². The van der Waals surface area contributed by atoms with E-state index in [1.54, 1.807) is 12.1 Å². The highest BCUT2D eigenvalue weighted by Gasteiger charge is 2.10. The lowest BCUT2D eigenvalue weighted by atomic mass is 9.97. The molecule has 1 amide bonds. The molecule has 0 aliphatic heterocycles. The predicted octanol–water partition coefficient (Wildman–Crippen LogP) is 3.73. The molecule has 1 aliphatic rings. The van der Waals surface area contributed by atoms with Gasteiger partial charge in [-0.2, -0.15) is 8.78 Å². The number of carbonyl (C=O) groups is 1. The summed E-state index contributed by atoms with van der Waals surface area (Å²) in [6.45, 7) is -1.42. The number of allylic oxidation sites excluding steroid dienone is 1. The first kappa shape index (κ1) is 19.4. The van der Waals surface area contributed by atoms with Crippen LogP contribution in [0.1, 0.15) is 37.7 Å². The van der Waals surface area contributed by atoms with Crippen molar-refractivity contribution < 1.29 is 18.3 Å². The van der Waals surface area contributed by atoms with E-state index >= 15 is 0 Å². The van der Waals surface area contributed by atoms with Crippen LogP contribution < -0.4 is 10.1 Å². The topological polar surface area (TPSA) is 41.6 Å². The van der Waals surface area contributed by atoms with Crippen molar-refractivity contribution >= 4 is 5.91 Å². The fourth-order valence-electron chi connectivity index (χ4n) is 2.98. The van der Waals surface area contributed by atoms with Gasteiger partial charge in [-0.1, -0.05) is 23.8 Å². The number of hydrogen-bond acceptors (Lipinski definition) is 3. The normalized spacial score (nSPS) is 14.5. The second kappa shape index (κ2) is 10.1. The standard InChI is InChI=1S/C19H26F2N2O2/c1-23(13-16-8-5-9-17(12-16)25-19(20)21)14-18(24)22-11-10-15-6-3-2-4-7-15/h5-6,8-9,12,19H,2-4,7,10-11,13-14H2,1H3,(H,22,24). The van der Waals surface area contributed by atoms with Crippen LogP contribution in [0.3, 0.4) is 0 Å². The molecule has 6 heteroatoms. The number of benzene rings is 1. The van der Waals surface area contributed by atoms with Crippen LogP contribution in [-0.4, -0.2) is 37.6 Å². The molecule has 0 saturated carbocycles. The second-order valence-corrected chi connectivity index (χ2v) is 6.41. The average molecular weight is 352 g/mol. The summed E-state index contributed by atoms with van der Waals surface area (Å²) in [4.78, 5) is 13.8. The molecule has 4 nitrogen and oxygen atoms in total. The lowest BCUT2D eigenvalue weighted by molar-refractivity contribution is -0.122. The Balaban J connectivity index is 1.71. The Morgan fingerprint density at radius 2 is 2.20 bits per heavy atom. The van der Waals surface area contributed by atoms with E-state index < -0.39 is 6.61 Å². The zero-order valence-electron chi connectivity index (χ0n) is 14.6. The van der Waals surface area contributed by atoms with Gasteiger partial charge in [-0.15, -0.1) is 0 Å². The number of ether oxygens (including phenoxy) is 1. The van der Waals surface area contributed by atoms with Crippen LogP contribution in [0.15, 0.2) is 35.9 Å². The summed E-state index contributed by atoms with van der Waals surface area (Å²) in [7, 11) is 1.82. The van der Waals surface area contributed by atoms with Gasteiger partial charge in [0.2, 0.25) is 5.91 Å². The van der Waals surface area contributed by atoms with Crippen molar-refractivity contribution in [3.05, 3.63) is 41.5 Å². The maximum Gasteiger partial charge on any atom is 0.387 e. The van der Waals surface area contributed by atoms with Crippen molar-refractivity contribution in [1.82, 2.24) is 10.2 Å². The summed E-state index contributed by atoms with van der Waals surface area (Å²) >= 11 is 0. The third-order valence-corrected chi connectivity index (χ3v) is 4.14. The first-order chi connectivity index (χ1) is 12.0. The number of rotatable bonds is 9. The van der Waals surface area contributed by atoms with Crippen LogP contribution in [0.2, 0.25) is 0 Å². The SMILES string of the molecule is CN(CC(=O)NCCC1=CCCCC1)Cc1cccc(OC(F)F)c1. The zero-order chi connectivity index (χ0) is 18.1. The molecule has 0 saturated heterocycles. The Hall–Kier alpha value is -1.95. The van der Waals surface area contributed by atoms with E-state index in [9.17, 15) is 13.6 Å². The fourth-order valence-corrected chi connectivity index (χ4v) is 2.98. The van der Waals surface area contributed by atoms with Crippen LogP contribution in [-0.2, 0) is 11.3 Å². The number of likely N-dealkylation sites (N-methyl/N-ethyl adjacent to an activating group) is 1. The molecule has 0 fully saturated rings. The van der Waals surface area contributed by atoms with Crippen LogP contribution in [0.5, 0.6) is 5.75 Å². The Kier molecular flexibility index (Phi) is 7.85. The van der Waals surface area contributed by atoms with Crippen LogP contribution in [0.25, 0.3) is 0 Å². The Morgan fingerprint density at radius 3 is 2.92 bits per heavy atom. The number of hydrogen-bond donors (Lipinski definition) is 1. The van der Waals surface area contributed by atoms with Gasteiger partial charge in [0.1, 0.15) is 5.75 Å². The molecule has 1 aromatic carbocycles. The minimum atomic E-state index is -2.84. The zero-order valence-corrected chi connectivity index (χ0v) is 14.6. The van der Waals surface area contributed by atoms with Crippen molar-refractivity contribution in [2.75, 3.05) is 20.1 Å². The maximum atomic E-state index is 12.3. The van der Waals surface area contributed by atoms with Crippen molar-refractivity contribution in [1.29, 1.82) is 0 Å². The first-order valence-electron chi connectivity index (χ1n) is 8.70. The van der Waals surface area contributed by atoms with E-state index in [-0.39, 0.29) is 18.2 Å². The second-order valence-electron chi connectivity index (χ2n) is 6.41. The molecule has 1 aromatic rings. The number of amides is 1. The van der Waals surface area contributed by atoms with Crippen LogP contribution in [0.4, 0.5) is 8.78 Å². The monoisotopic (exact) mass is 352 g/mol. The van der Waals surface area contributed by atoms with E-state index in [0.717, 1.165) is 24.8 Å². The molecule has 0 aromatic heterocycles. The van der Waals surface area contributed by atoms with Gasteiger partial charge in [0.15, 0.2) is 0 Å². The molecule has 2 rings (SSSR count). The molecule has 138 valence electrons. The Labute approximate surface area is 147 Å². The molecule has 1 N–H and O–H groups in total. The summed E-state index contributed by atoms with van der Waals surface area (Å²) in [5.41, 5.74) is 2.26. The smallest absolute Gasteiger partial charge is 0.387 e. The van der Waals surface area contributed by atoms with Gasteiger partial charge < -0.3 is 10.1 Å². The number of halogens is 2. The van der Waals surface area contributed by atoms with E-state index in [0.29, 0.717) is 13.1 Å². The molecule has 0 atom stereocenters. The number of alkyl halides is 2. The van der Waals surface area contributed by atoms with E-state index in [1.165, 1.54) is 24.5 Å². The quantitative estimate of drug-likeness (QED) is 0.689. The van der Waals surface area contributed by atoms with E-state index in [2.05, 4.69) is 16.1 Å². The Bertz CT molecular complexity index is 591. The maximum absolute atomic E-state index is 12.3.